The van der Waals surface area contributed by atoms with Crippen molar-refractivity contribution >= 4 is 5.97 Å². The summed E-state index contributed by atoms with van der Waals surface area (Å²) in [5.74, 6) is -0.406. The van der Waals surface area contributed by atoms with E-state index in [0.29, 0.717) is 36.1 Å². The number of hydrogen-bond donors (Lipinski definition) is 2. The lowest BCUT2D eigenvalue weighted by Gasteiger charge is -2.18. The molecule has 0 atom stereocenters. The smallest absolute Gasteiger partial charge is 0.337 e. The van der Waals surface area contributed by atoms with Gasteiger partial charge in [-0.25, -0.2) is 4.79 Å². The van der Waals surface area contributed by atoms with E-state index in [2.05, 4.69) is 0 Å². The first kappa shape index (κ1) is 17.8. The maximum Gasteiger partial charge on any atom is 0.337 e. The molecule has 0 saturated heterocycles. The second-order valence-corrected chi connectivity index (χ2v) is 5.42. The third kappa shape index (κ3) is 3.51. The van der Waals surface area contributed by atoms with Gasteiger partial charge < -0.3 is 19.7 Å². The van der Waals surface area contributed by atoms with Gasteiger partial charge in [0, 0.05) is 18.7 Å². The van der Waals surface area contributed by atoms with E-state index in [1.807, 2.05) is 13.0 Å². The van der Waals surface area contributed by atoms with Crippen molar-refractivity contribution in [3.05, 3.63) is 47.0 Å². The van der Waals surface area contributed by atoms with E-state index < -0.39 is 5.97 Å². The number of benzene rings is 2. The SMILES string of the molecule is CCc1c(O)cc(O)c(-c2cccc(C(=O)OC)c2)c1CCOC. The summed E-state index contributed by atoms with van der Waals surface area (Å²) in [7, 11) is 2.93. The van der Waals surface area contributed by atoms with Gasteiger partial charge in [-0.05, 0) is 41.7 Å². The summed E-state index contributed by atoms with van der Waals surface area (Å²) in [5, 5.41) is 20.6. The zero-order valence-corrected chi connectivity index (χ0v) is 14.1. The predicted molar refractivity (Wildman–Crippen MR) is 91.5 cm³/mol. The third-order valence-corrected chi connectivity index (χ3v) is 3.99. The Morgan fingerprint density at radius 1 is 1.08 bits per heavy atom. The molecule has 2 aromatic rings. The summed E-state index contributed by atoms with van der Waals surface area (Å²) in [6, 6.07) is 8.22. The number of esters is 1. The first-order valence-corrected chi connectivity index (χ1v) is 7.77. The van der Waals surface area contributed by atoms with Gasteiger partial charge in [-0.15, -0.1) is 0 Å². The van der Waals surface area contributed by atoms with Crippen LogP contribution in [0.5, 0.6) is 11.5 Å². The van der Waals surface area contributed by atoms with Gasteiger partial charge in [-0.2, -0.15) is 0 Å². The molecule has 2 rings (SSSR count). The number of hydrogen-bond acceptors (Lipinski definition) is 5. The second-order valence-electron chi connectivity index (χ2n) is 5.42. The summed E-state index contributed by atoms with van der Waals surface area (Å²) in [6.07, 6.45) is 1.16. The number of carbonyl (C=O) groups is 1. The van der Waals surface area contributed by atoms with Crippen LogP contribution in [-0.2, 0) is 22.3 Å². The maximum absolute atomic E-state index is 11.8. The molecule has 0 saturated carbocycles. The highest BCUT2D eigenvalue weighted by Crippen LogP contribution is 2.40. The molecule has 5 nitrogen and oxygen atoms in total. The highest BCUT2D eigenvalue weighted by molar-refractivity contribution is 5.91. The highest BCUT2D eigenvalue weighted by atomic mass is 16.5. The number of aromatic hydroxyl groups is 2. The fraction of sp³-hybridized carbons (Fsp3) is 0.316. The van der Waals surface area contributed by atoms with Crippen molar-refractivity contribution < 1.29 is 24.5 Å². The Morgan fingerprint density at radius 3 is 2.46 bits per heavy atom. The minimum atomic E-state index is -0.440. The van der Waals surface area contributed by atoms with Crippen LogP contribution < -0.4 is 0 Å². The Kier molecular flexibility index (Phi) is 5.82. The average Bonchev–Trinajstić information content (AvgIpc) is 2.59. The zero-order valence-electron chi connectivity index (χ0n) is 14.1. The van der Waals surface area contributed by atoms with Crippen molar-refractivity contribution in [1.82, 2.24) is 0 Å². The van der Waals surface area contributed by atoms with Crippen LogP contribution in [0, 0.1) is 0 Å². The highest BCUT2D eigenvalue weighted by Gasteiger charge is 2.19. The van der Waals surface area contributed by atoms with Crippen molar-refractivity contribution in [1.29, 1.82) is 0 Å². The Labute approximate surface area is 141 Å². The molecule has 128 valence electrons. The van der Waals surface area contributed by atoms with Gasteiger partial charge in [-0.1, -0.05) is 19.1 Å². The van der Waals surface area contributed by atoms with Crippen molar-refractivity contribution in [2.24, 2.45) is 0 Å². The number of phenolic OH excluding ortho intramolecular Hbond substituents is 2. The van der Waals surface area contributed by atoms with Gasteiger partial charge in [0.15, 0.2) is 0 Å². The van der Waals surface area contributed by atoms with Gasteiger partial charge in [0.05, 0.1) is 19.3 Å². The quantitative estimate of drug-likeness (QED) is 0.795. The number of carbonyl (C=O) groups excluding carboxylic acids is 1. The normalized spacial score (nSPS) is 10.6. The fourth-order valence-electron chi connectivity index (χ4n) is 2.87. The molecule has 0 aromatic heterocycles. The topological polar surface area (TPSA) is 76.0 Å². The summed E-state index contributed by atoms with van der Waals surface area (Å²) < 4.78 is 9.91. The molecule has 0 radical (unpaired) electrons. The Hall–Kier alpha value is -2.53. The molecule has 0 heterocycles. The van der Waals surface area contributed by atoms with Crippen LogP contribution in [0.25, 0.3) is 11.1 Å². The van der Waals surface area contributed by atoms with Crippen LogP contribution in [-0.4, -0.2) is 37.0 Å². The van der Waals surface area contributed by atoms with E-state index in [1.54, 1.807) is 25.3 Å². The van der Waals surface area contributed by atoms with E-state index in [-0.39, 0.29) is 11.5 Å². The summed E-state index contributed by atoms with van der Waals surface area (Å²) in [5.41, 5.74) is 3.28. The molecule has 0 aliphatic carbocycles. The number of phenols is 2. The molecule has 0 unspecified atom stereocenters. The molecule has 2 N–H and O–H groups in total. The molecule has 2 aromatic carbocycles. The number of rotatable bonds is 6. The monoisotopic (exact) mass is 330 g/mol. The summed E-state index contributed by atoms with van der Waals surface area (Å²) in [4.78, 5) is 11.8. The van der Waals surface area contributed by atoms with Crippen LogP contribution in [0.2, 0.25) is 0 Å². The Balaban J connectivity index is 2.66. The van der Waals surface area contributed by atoms with Crippen LogP contribution in [0.15, 0.2) is 30.3 Å². The number of methoxy groups -OCH3 is 2. The predicted octanol–water partition coefficient (Wildman–Crippen LogP) is 3.30. The lowest BCUT2D eigenvalue weighted by Crippen LogP contribution is -2.04. The second kappa shape index (κ2) is 7.84. The van der Waals surface area contributed by atoms with Crippen molar-refractivity contribution in [3.8, 4) is 22.6 Å². The molecule has 24 heavy (non-hydrogen) atoms. The van der Waals surface area contributed by atoms with Crippen molar-refractivity contribution in [3.63, 3.8) is 0 Å². The van der Waals surface area contributed by atoms with Gasteiger partial charge in [-0.3, -0.25) is 0 Å². The Morgan fingerprint density at radius 2 is 1.83 bits per heavy atom. The third-order valence-electron chi connectivity index (χ3n) is 3.99. The van der Waals surface area contributed by atoms with Crippen LogP contribution in [0.3, 0.4) is 0 Å². The minimum Gasteiger partial charge on any atom is -0.508 e. The van der Waals surface area contributed by atoms with Crippen molar-refractivity contribution in [2.75, 3.05) is 20.8 Å². The molecule has 0 bridgehead atoms. The Bertz CT molecular complexity index is 737. The summed E-state index contributed by atoms with van der Waals surface area (Å²) >= 11 is 0. The molecular weight excluding hydrogens is 308 g/mol. The number of ether oxygens (including phenoxy) is 2. The standard InChI is InChI=1S/C19H22O5/c1-4-14-15(8-9-23-2)18(17(21)11-16(14)20)12-6-5-7-13(10-12)19(22)24-3/h5-7,10-11,20-21H,4,8-9H2,1-3H3. The zero-order chi connectivity index (χ0) is 17.7. The average molecular weight is 330 g/mol. The van der Waals surface area contributed by atoms with Crippen LogP contribution in [0.4, 0.5) is 0 Å². The first-order valence-electron chi connectivity index (χ1n) is 7.77. The van der Waals surface area contributed by atoms with Crippen LogP contribution >= 0.6 is 0 Å². The van der Waals surface area contributed by atoms with Crippen LogP contribution in [0.1, 0.15) is 28.4 Å². The van der Waals surface area contributed by atoms with Gasteiger partial charge in [0.1, 0.15) is 11.5 Å². The molecular formula is C19H22O5. The molecule has 0 aliphatic heterocycles. The van der Waals surface area contributed by atoms with E-state index in [4.69, 9.17) is 9.47 Å². The molecule has 0 spiro atoms. The molecule has 5 heteroatoms. The lowest BCUT2D eigenvalue weighted by molar-refractivity contribution is 0.0600. The van der Waals surface area contributed by atoms with Crippen molar-refractivity contribution in [2.45, 2.75) is 19.8 Å². The van der Waals surface area contributed by atoms with E-state index in [1.165, 1.54) is 13.2 Å². The van der Waals surface area contributed by atoms with Gasteiger partial charge >= 0.3 is 5.97 Å². The molecule has 0 amide bonds. The maximum atomic E-state index is 11.8. The fourth-order valence-corrected chi connectivity index (χ4v) is 2.87. The van der Waals surface area contributed by atoms with Gasteiger partial charge in [0.2, 0.25) is 0 Å². The van der Waals surface area contributed by atoms with E-state index in [0.717, 1.165) is 11.1 Å². The lowest BCUT2D eigenvalue weighted by atomic mass is 9.90. The molecule has 0 fully saturated rings. The summed E-state index contributed by atoms with van der Waals surface area (Å²) in [6.45, 7) is 2.40. The minimum absolute atomic E-state index is 0.0298. The van der Waals surface area contributed by atoms with E-state index >= 15 is 0 Å². The van der Waals surface area contributed by atoms with Gasteiger partial charge in [0.25, 0.3) is 0 Å². The first-order chi connectivity index (χ1) is 11.5. The molecule has 0 aliphatic rings. The largest absolute Gasteiger partial charge is 0.508 e. The van der Waals surface area contributed by atoms with E-state index in [9.17, 15) is 15.0 Å².